The average Bonchev–Trinajstić information content (AvgIpc) is 2.58. The number of nitrogens with zero attached hydrogens (tertiary/aromatic N) is 2. The van der Waals surface area contributed by atoms with E-state index in [4.69, 9.17) is 0 Å². The van der Waals surface area contributed by atoms with E-state index in [1.54, 1.807) is 0 Å². The Morgan fingerprint density at radius 1 is 0.955 bits per heavy atom. The largest absolute Gasteiger partial charge is 0.178 e. The summed E-state index contributed by atoms with van der Waals surface area (Å²) in [7, 11) is -0.816. The van der Waals surface area contributed by atoms with Crippen LogP contribution in [0.4, 0.5) is 0 Å². The second-order valence-electron chi connectivity index (χ2n) is 5.27. The molecule has 0 aliphatic rings. The maximum atomic E-state index is 4.35. The van der Waals surface area contributed by atoms with Gasteiger partial charge in [-0.3, -0.25) is 0 Å². The van der Waals surface area contributed by atoms with Crippen molar-refractivity contribution in [1.82, 2.24) is 10.2 Å². The lowest BCUT2D eigenvalue weighted by Crippen LogP contribution is -2.06. The SMILES string of the molecule is CCS(C#Cc1nnc(-c2ccccc2)cc1C)(CC)CC. The van der Waals surface area contributed by atoms with Gasteiger partial charge in [0, 0.05) is 5.56 Å². The molecule has 0 amide bonds. The van der Waals surface area contributed by atoms with Gasteiger partial charge in [0.1, 0.15) is 5.69 Å². The Bertz CT molecular complexity index is 671. The zero-order valence-electron chi connectivity index (χ0n) is 13.9. The van der Waals surface area contributed by atoms with Gasteiger partial charge in [0.2, 0.25) is 0 Å². The number of rotatable bonds is 4. The highest BCUT2D eigenvalue weighted by Crippen LogP contribution is 2.45. The zero-order valence-corrected chi connectivity index (χ0v) is 14.7. The Balaban J connectivity index is 2.32. The topological polar surface area (TPSA) is 25.8 Å². The van der Waals surface area contributed by atoms with Gasteiger partial charge in [-0.15, -0.1) is 10.2 Å². The molecule has 0 spiro atoms. The molecule has 2 aromatic rings. The molecular formula is C19H24N2S. The fourth-order valence-corrected chi connectivity index (χ4v) is 4.32. The Hall–Kier alpha value is -1.79. The van der Waals surface area contributed by atoms with Crippen molar-refractivity contribution in [1.29, 1.82) is 0 Å². The molecule has 0 aliphatic heterocycles. The van der Waals surface area contributed by atoms with Crippen molar-refractivity contribution < 1.29 is 0 Å². The fourth-order valence-electron chi connectivity index (χ4n) is 2.34. The van der Waals surface area contributed by atoms with Crippen LogP contribution in [0.5, 0.6) is 0 Å². The van der Waals surface area contributed by atoms with E-state index in [-0.39, 0.29) is 0 Å². The predicted molar refractivity (Wildman–Crippen MR) is 98.3 cm³/mol. The van der Waals surface area contributed by atoms with Crippen LogP contribution >= 0.6 is 10.0 Å². The second-order valence-corrected chi connectivity index (χ2v) is 9.29. The fraction of sp³-hybridized carbons (Fsp3) is 0.368. The molecule has 1 heterocycles. The smallest absolute Gasteiger partial charge is 0.139 e. The lowest BCUT2D eigenvalue weighted by Gasteiger charge is -2.30. The molecule has 2 nitrogen and oxygen atoms in total. The summed E-state index contributed by atoms with van der Waals surface area (Å²) in [6.45, 7) is 8.79. The van der Waals surface area contributed by atoms with Gasteiger partial charge >= 0.3 is 0 Å². The monoisotopic (exact) mass is 312 g/mol. The summed E-state index contributed by atoms with van der Waals surface area (Å²) in [5.41, 5.74) is 3.90. The van der Waals surface area contributed by atoms with Crippen molar-refractivity contribution >= 4 is 10.0 Å². The Morgan fingerprint density at radius 2 is 1.59 bits per heavy atom. The predicted octanol–water partition coefficient (Wildman–Crippen LogP) is 4.63. The van der Waals surface area contributed by atoms with E-state index in [9.17, 15) is 0 Å². The molecule has 116 valence electrons. The van der Waals surface area contributed by atoms with Crippen molar-refractivity contribution in [3.8, 4) is 22.4 Å². The molecule has 0 unspecified atom stereocenters. The molecule has 1 aromatic carbocycles. The average molecular weight is 312 g/mol. The van der Waals surface area contributed by atoms with Crippen molar-refractivity contribution in [2.45, 2.75) is 27.7 Å². The molecule has 0 N–H and O–H groups in total. The number of hydrogen-bond acceptors (Lipinski definition) is 2. The molecule has 0 atom stereocenters. The highest BCUT2D eigenvalue weighted by Gasteiger charge is 2.14. The normalized spacial score (nSPS) is 11.6. The Labute approximate surface area is 135 Å². The van der Waals surface area contributed by atoms with E-state index < -0.39 is 10.0 Å². The minimum absolute atomic E-state index is 0.812. The van der Waals surface area contributed by atoms with Crippen LogP contribution in [-0.4, -0.2) is 27.5 Å². The molecule has 0 aliphatic carbocycles. The summed E-state index contributed by atoms with van der Waals surface area (Å²) in [6, 6.07) is 12.2. The minimum atomic E-state index is -0.816. The standard InChI is InChI=1S/C19H24N2S/c1-5-22(6-2,7-3)14-13-18-16(4)15-19(21-20-18)17-11-9-8-10-12-17/h8-12,15H,5-7H2,1-4H3. The molecule has 0 saturated heterocycles. The van der Waals surface area contributed by atoms with Gasteiger partial charge in [-0.2, -0.15) is 10.0 Å². The number of aromatic nitrogens is 2. The molecule has 1 aromatic heterocycles. The van der Waals surface area contributed by atoms with Crippen LogP contribution in [0.25, 0.3) is 11.3 Å². The molecule has 0 fully saturated rings. The van der Waals surface area contributed by atoms with E-state index >= 15 is 0 Å². The summed E-state index contributed by atoms with van der Waals surface area (Å²) in [5, 5.41) is 12.2. The van der Waals surface area contributed by atoms with Crippen LogP contribution in [0.3, 0.4) is 0 Å². The maximum Gasteiger partial charge on any atom is 0.139 e. The lowest BCUT2D eigenvalue weighted by atomic mass is 10.1. The van der Waals surface area contributed by atoms with E-state index in [1.807, 2.05) is 18.2 Å². The van der Waals surface area contributed by atoms with Crippen molar-refractivity contribution in [3.05, 3.63) is 47.7 Å². The number of benzene rings is 1. The highest BCUT2D eigenvalue weighted by atomic mass is 32.3. The number of aryl methyl sites for hydroxylation is 1. The van der Waals surface area contributed by atoms with Gasteiger partial charge in [-0.1, -0.05) is 51.1 Å². The molecule has 0 saturated carbocycles. The number of hydrogen-bond donors (Lipinski definition) is 0. The van der Waals surface area contributed by atoms with Gasteiger partial charge in [-0.25, -0.2) is 0 Å². The first-order valence-electron chi connectivity index (χ1n) is 7.83. The quantitative estimate of drug-likeness (QED) is 0.770. The van der Waals surface area contributed by atoms with Gasteiger partial charge in [0.25, 0.3) is 0 Å². The molecule has 2 rings (SSSR count). The van der Waals surface area contributed by atoms with E-state index in [1.165, 1.54) is 0 Å². The zero-order chi connectivity index (χ0) is 16.0. The molecule has 3 heteroatoms. The third-order valence-electron chi connectivity index (χ3n) is 4.10. The third-order valence-corrected chi connectivity index (χ3v) is 7.95. The van der Waals surface area contributed by atoms with Crippen molar-refractivity contribution in [3.63, 3.8) is 0 Å². The summed E-state index contributed by atoms with van der Waals surface area (Å²) >= 11 is 0. The van der Waals surface area contributed by atoms with Crippen LogP contribution < -0.4 is 0 Å². The van der Waals surface area contributed by atoms with Crippen LogP contribution in [0.2, 0.25) is 0 Å². The second kappa shape index (κ2) is 7.47. The van der Waals surface area contributed by atoms with Crippen molar-refractivity contribution in [2.75, 3.05) is 17.3 Å². The molecule has 0 radical (unpaired) electrons. The summed E-state index contributed by atoms with van der Waals surface area (Å²) in [5.74, 6) is 6.76. The van der Waals surface area contributed by atoms with Crippen LogP contribution in [0.1, 0.15) is 32.0 Å². The van der Waals surface area contributed by atoms with Gasteiger partial charge in [0.05, 0.1) is 5.69 Å². The van der Waals surface area contributed by atoms with Gasteiger partial charge in [0.15, 0.2) is 0 Å². The van der Waals surface area contributed by atoms with E-state index in [0.29, 0.717) is 0 Å². The van der Waals surface area contributed by atoms with Crippen molar-refractivity contribution in [2.24, 2.45) is 0 Å². The van der Waals surface area contributed by atoms with Gasteiger partial charge in [-0.05, 0) is 47.0 Å². The Morgan fingerprint density at radius 3 is 2.14 bits per heavy atom. The first-order chi connectivity index (χ1) is 10.6. The summed E-state index contributed by atoms with van der Waals surface area (Å²) in [4.78, 5) is 0. The molecular weight excluding hydrogens is 288 g/mol. The Kier molecular flexibility index (Phi) is 5.63. The lowest BCUT2D eigenvalue weighted by molar-refractivity contribution is 1.00. The minimum Gasteiger partial charge on any atom is -0.178 e. The first kappa shape index (κ1) is 16.6. The molecule has 22 heavy (non-hydrogen) atoms. The molecule has 0 bridgehead atoms. The van der Waals surface area contributed by atoms with E-state index in [0.717, 1.165) is 39.8 Å². The van der Waals surface area contributed by atoms with Crippen LogP contribution in [-0.2, 0) is 0 Å². The van der Waals surface area contributed by atoms with E-state index in [2.05, 4.69) is 67.3 Å². The highest BCUT2D eigenvalue weighted by molar-refractivity contribution is 8.37. The van der Waals surface area contributed by atoms with Gasteiger partial charge < -0.3 is 0 Å². The summed E-state index contributed by atoms with van der Waals surface area (Å²) in [6.07, 6.45) is 0. The summed E-state index contributed by atoms with van der Waals surface area (Å²) < 4.78 is 0. The first-order valence-corrected chi connectivity index (χ1v) is 9.97. The van der Waals surface area contributed by atoms with Crippen LogP contribution in [0, 0.1) is 18.1 Å². The maximum absolute atomic E-state index is 4.35. The third kappa shape index (κ3) is 3.69. The van der Waals surface area contributed by atoms with Crippen LogP contribution in [0.15, 0.2) is 36.4 Å².